The van der Waals surface area contributed by atoms with Crippen LogP contribution in [0, 0.1) is 11.6 Å². The summed E-state index contributed by atoms with van der Waals surface area (Å²) in [5.41, 5.74) is 2.08. The van der Waals surface area contributed by atoms with E-state index in [0.29, 0.717) is 24.2 Å². The van der Waals surface area contributed by atoms with Crippen molar-refractivity contribution in [2.75, 3.05) is 5.32 Å². The van der Waals surface area contributed by atoms with Crippen LogP contribution < -0.4 is 5.32 Å². The molecule has 3 aromatic rings. The molecule has 0 fully saturated rings. The fraction of sp³-hybridized carbons (Fsp3) is 0.143. The van der Waals surface area contributed by atoms with Crippen molar-refractivity contribution in [3.05, 3.63) is 89.2 Å². The van der Waals surface area contributed by atoms with E-state index in [2.05, 4.69) is 5.32 Å². The number of anilines is 1. The third kappa shape index (κ3) is 3.14. The highest BCUT2D eigenvalue weighted by Crippen LogP contribution is 2.32. The van der Waals surface area contributed by atoms with Crippen molar-refractivity contribution in [2.45, 2.75) is 18.9 Å². The highest BCUT2D eigenvalue weighted by Gasteiger charge is 2.32. The van der Waals surface area contributed by atoms with E-state index in [1.54, 1.807) is 36.4 Å². The van der Waals surface area contributed by atoms with Crippen molar-refractivity contribution in [3.8, 4) is 0 Å². The minimum atomic E-state index is -1.02. The maximum atomic E-state index is 13.3. The van der Waals surface area contributed by atoms with Crippen LogP contribution in [0.4, 0.5) is 14.5 Å². The number of aromatic nitrogens is 1. The van der Waals surface area contributed by atoms with E-state index in [-0.39, 0.29) is 17.4 Å². The van der Waals surface area contributed by atoms with E-state index in [1.165, 1.54) is 6.07 Å². The number of hydrogen-bond acceptors (Lipinski definition) is 2. The molecule has 4 rings (SSSR count). The number of halogens is 2. The first kappa shape index (κ1) is 17.1. The molecule has 0 radical (unpaired) electrons. The number of carbonyl (C=O) groups excluding carboxylic acids is 2. The molecular formula is C21H16F2N2O2. The summed E-state index contributed by atoms with van der Waals surface area (Å²) >= 11 is 0. The molecule has 1 aliphatic rings. The number of nitrogens with one attached hydrogen (secondary N) is 1. The Morgan fingerprint density at radius 3 is 2.48 bits per heavy atom. The summed E-state index contributed by atoms with van der Waals surface area (Å²) in [7, 11) is 0. The largest absolute Gasteiger partial charge is 0.341 e. The molecule has 4 nitrogen and oxygen atoms in total. The molecule has 1 aliphatic heterocycles. The third-order valence-corrected chi connectivity index (χ3v) is 4.79. The van der Waals surface area contributed by atoms with Crippen LogP contribution in [-0.4, -0.2) is 16.3 Å². The second-order valence-corrected chi connectivity index (χ2v) is 6.45. The Hall–Kier alpha value is -3.28. The van der Waals surface area contributed by atoms with Gasteiger partial charge in [-0.1, -0.05) is 30.3 Å². The fourth-order valence-corrected chi connectivity index (χ4v) is 3.45. The molecule has 1 amide bonds. The van der Waals surface area contributed by atoms with Crippen molar-refractivity contribution in [1.29, 1.82) is 0 Å². The van der Waals surface area contributed by atoms with Crippen LogP contribution in [0.15, 0.2) is 60.7 Å². The molecule has 6 heteroatoms. The van der Waals surface area contributed by atoms with Crippen molar-refractivity contribution in [1.82, 2.24) is 4.57 Å². The van der Waals surface area contributed by atoms with E-state index >= 15 is 0 Å². The van der Waals surface area contributed by atoms with Gasteiger partial charge in [-0.3, -0.25) is 9.59 Å². The standard InChI is InChI=1S/C21H16F2N2O2/c22-16-7-6-14(12-17(16)23)24-21(27)15-10-11-25-18(15)8-9-19(25)20(26)13-4-2-1-3-5-13/h1-9,12,15H,10-11H2,(H,24,27). The van der Waals surface area contributed by atoms with Crippen LogP contribution in [-0.2, 0) is 11.3 Å². The molecule has 0 spiro atoms. The summed E-state index contributed by atoms with van der Waals surface area (Å²) in [4.78, 5) is 25.3. The van der Waals surface area contributed by atoms with Gasteiger partial charge in [0.1, 0.15) is 0 Å². The molecule has 0 bridgehead atoms. The van der Waals surface area contributed by atoms with E-state index in [9.17, 15) is 18.4 Å². The summed E-state index contributed by atoms with van der Waals surface area (Å²) in [5.74, 6) is -2.83. The van der Waals surface area contributed by atoms with E-state index in [1.807, 2.05) is 10.6 Å². The van der Waals surface area contributed by atoms with Gasteiger partial charge in [-0.15, -0.1) is 0 Å². The van der Waals surface area contributed by atoms with Crippen LogP contribution in [0.3, 0.4) is 0 Å². The van der Waals surface area contributed by atoms with Crippen molar-refractivity contribution >= 4 is 17.4 Å². The molecule has 27 heavy (non-hydrogen) atoms. The number of carbonyl (C=O) groups is 2. The molecule has 1 atom stereocenters. The summed E-state index contributed by atoms with van der Waals surface area (Å²) in [6, 6.07) is 15.7. The Kier molecular flexibility index (Phi) is 4.32. The van der Waals surface area contributed by atoms with Gasteiger partial charge in [-0.25, -0.2) is 8.78 Å². The summed E-state index contributed by atoms with van der Waals surface area (Å²) in [5, 5.41) is 2.62. The predicted octanol–water partition coefficient (Wildman–Crippen LogP) is 4.12. The Morgan fingerprint density at radius 1 is 0.963 bits per heavy atom. The lowest BCUT2D eigenvalue weighted by molar-refractivity contribution is -0.117. The average molecular weight is 366 g/mol. The van der Waals surface area contributed by atoms with Crippen molar-refractivity contribution in [3.63, 3.8) is 0 Å². The number of amides is 1. The minimum Gasteiger partial charge on any atom is -0.341 e. The van der Waals surface area contributed by atoms with Gasteiger partial charge in [-0.05, 0) is 30.7 Å². The molecule has 0 saturated carbocycles. The summed E-state index contributed by atoms with van der Waals surface area (Å²) in [6.45, 7) is 0.548. The molecule has 0 aliphatic carbocycles. The Balaban J connectivity index is 1.55. The first-order valence-corrected chi connectivity index (χ1v) is 8.59. The lowest BCUT2D eigenvalue weighted by Crippen LogP contribution is -2.19. The van der Waals surface area contributed by atoms with Gasteiger partial charge in [0.25, 0.3) is 0 Å². The van der Waals surface area contributed by atoms with E-state index in [0.717, 1.165) is 17.8 Å². The Morgan fingerprint density at radius 2 is 1.74 bits per heavy atom. The van der Waals surface area contributed by atoms with Crippen LogP contribution in [0.2, 0.25) is 0 Å². The predicted molar refractivity (Wildman–Crippen MR) is 96.7 cm³/mol. The van der Waals surface area contributed by atoms with Gasteiger partial charge in [0.15, 0.2) is 11.6 Å². The van der Waals surface area contributed by atoms with Gasteiger partial charge < -0.3 is 9.88 Å². The highest BCUT2D eigenvalue weighted by molar-refractivity contribution is 6.08. The fourth-order valence-electron chi connectivity index (χ4n) is 3.45. The number of rotatable bonds is 4. The van der Waals surface area contributed by atoms with Gasteiger partial charge in [0.05, 0.1) is 11.6 Å². The lowest BCUT2D eigenvalue weighted by Gasteiger charge is -2.11. The molecule has 2 heterocycles. The van der Waals surface area contributed by atoms with E-state index < -0.39 is 17.6 Å². The maximum Gasteiger partial charge on any atom is 0.233 e. The average Bonchev–Trinajstić information content (AvgIpc) is 3.27. The highest BCUT2D eigenvalue weighted by atomic mass is 19.2. The summed E-state index contributed by atoms with van der Waals surface area (Å²) in [6.07, 6.45) is 0.542. The molecular weight excluding hydrogens is 350 g/mol. The third-order valence-electron chi connectivity index (χ3n) is 4.79. The monoisotopic (exact) mass is 366 g/mol. The molecule has 1 N–H and O–H groups in total. The lowest BCUT2D eigenvalue weighted by atomic mass is 10.0. The molecule has 1 unspecified atom stereocenters. The molecule has 0 saturated heterocycles. The van der Waals surface area contributed by atoms with Crippen LogP contribution >= 0.6 is 0 Å². The minimum absolute atomic E-state index is 0.0940. The summed E-state index contributed by atoms with van der Waals surface area (Å²) < 4.78 is 28.2. The van der Waals surface area contributed by atoms with Crippen LogP contribution in [0.5, 0.6) is 0 Å². The smallest absolute Gasteiger partial charge is 0.233 e. The normalized spacial score (nSPS) is 15.4. The van der Waals surface area contributed by atoms with Crippen LogP contribution in [0.25, 0.3) is 0 Å². The zero-order chi connectivity index (χ0) is 19.0. The molecule has 136 valence electrons. The van der Waals surface area contributed by atoms with Crippen molar-refractivity contribution in [2.24, 2.45) is 0 Å². The Labute approximate surface area is 154 Å². The van der Waals surface area contributed by atoms with Gasteiger partial charge >= 0.3 is 0 Å². The number of hydrogen-bond donors (Lipinski definition) is 1. The first-order valence-electron chi connectivity index (χ1n) is 8.59. The second kappa shape index (κ2) is 6.79. The zero-order valence-electron chi connectivity index (χ0n) is 14.3. The SMILES string of the molecule is O=C(c1ccccc1)c1ccc2n1CCC2C(=O)Nc1ccc(F)c(F)c1. The number of ketones is 1. The Bertz CT molecular complexity index is 1030. The van der Waals surface area contributed by atoms with Gasteiger partial charge in [0, 0.05) is 29.6 Å². The number of benzene rings is 2. The van der Waals surface area contributed by atoms with E-state index in [4.69, 9.17) is 0 Å². The molecule has 2 aromatic carbocycles. The van der Waals surface area contributed by atoms with Gasteiger partial charge in [0.2, 0.25) is 11.7 Å². The van der Waals surface area contributed by atoms with Crippen LogP contribution in [0.1, 0.15) is 34.1 Å². The number of fused-ring (bicyclic) bond motifs is 1. The number of nitrogens with zero attached hydrogens (tertiary/aromatic N) is 1. The first-order chi connectivity index (χ1) is 13.0. The van der Waals surface area contributed by atoms with Gasteiger partial charge in [-0.2, -0.15) is 0 Å². The molecule has 1 aromatic heterocycles. The second-order valence-electron chi connectivity index (χ2n) is 6.45. The quantitative estimate of drug-likeness (QED) is 0.706. The topological polar surface area (TPSA) is 51.1 Å². The van der Waals surface area contributed by atoms with Crippen molar-refractivity contribution < 1.29 is 18.4 Å². The maximum absolute atomic E-state index is 13.3. The zero-order valence-corrected chi connectivity index (χ0v) is 14.3.